The Hall–Kier alpha value is -1.94. The number of rotatable bonds is 5. The number of hydrogen-bond acceptors (Lipinski definition) is 5. The van der Waals surface area contributed by atoms with Crippen LogP contribution < -0.4 is 16.4 Å². The number of nitrogens with zero attached hydrogens (tertiary/aromatic N) is 2. The van der Waals surface area contributed by atoms with Gasteiger partial charge in [0.25, 0.3) is 0 Å². The van der Waals surface area contributed by atoms with E-state index in [-0.39, 0.29) is 12.4 Å². The fourth-order valence-corrected chi connectivity index (χ4v) is 1.16. The van der Waals surface area contributed by atoms with Crippen molar-refractivity contribution in [2.45, 2.75) is 18.8 Å². The standard InChI is InChI=1S/C9H12F3N5O2/c10-9(11,12)6(13)4-14-2-5-1-7(16-8(18)19)17-15-3-5/h1,3,6,14H,2,4,13H2,(H,16,17)(H,18,19). The van der Waals surface area contributed by atoms with Crippen molar-refractivity contribution in [1.29, 1.82) is 0 Å². The van der Waals surface area contributed by atoms with Crippen LogP contribution >= 0.6 is 0 Å². The molecule has 0 saturated heterocycles. The van der Waals surface area contributed by atoms with E-state index in [0.717, 1.165) is 0 Å². The summed E-state index contributed by atoms with van der Waals surface area (Å²) in [5, 5.41) is 19.9. The Labute approximate surface area is 106 Å². The molecule has 1 aromatic heterocycles. The molecular weight excluding hydrogens is 267 g/mol. The van der Waals surface area contributed by atoms with Crippen LogP contribution in [-0.4, -0.2) is 40.2 Å². The summed E-state index contributed by atoms with van der Waals surface area (Å²) in [6.45, 7) is -0.388. The molecule has 1 atom stereocenters. The second kappa shape index (κ2) is 6.29. The molecule has 19 heavy (non-hydrogen) atoms. The summed E-state index contributed by atoms with van der Waals surface area (Å²) in [4.78, 5) is 10.4. The maximum atomic E-state index is 12.1. The van der Waals surface area contributed by atoms with Crippen LogP contribution in [0.2, 0.25) is 0 Å². The minimum absolute atomic E-state index is 0.00748. The van der Waals surface area contributed by atoms with Gasteiger partial charge in [0.2, 0.25) is 0 Å². The van der Waals surface area contributed by atoms with Gasteiger partial charge in [0.05, 0.1) is 6.20 Å². The first-order chi connectivity index (χ1) is 8.79. The second-order valence-corrected chi connectivity index (χ2v) is 3.66. The molecule has 1 aromatic rings. The Morgan fingerprint density at radius 3 is 2.79 bits per heavy atom. The lowest BCUT2D eigenvalue weighted by Gasteiger charge is -2.15. The fourth-order valence-electron chi connectivity index (χ4n) is 1.16. The van der Waals surface area contributed by atoms with Crippen molar-refractivity contribution in [3.63, 3.8) is 0 Å². The Morgan fingerprint density at radius 2 is 2.21 bits per heavy atom. The number of hydrogen-bond donors (Lipinski definition) is 4. The van der Waals surface area contributed by atoms with Crippen LogP contribution in [0.4, 0.5) is 23.8 Å². The molecule has 106 valence electrons. The maximum absolute atomic E-state index is 12.1. The van der Waals surface area contributed by atoms with Crippen molar-refractivity contribution in [2.75, 3.05) is 11.9 Å². The average molecular weight is 279 g/mol. The van der Waals surface area contributed by atoms with Crippen LogP contribution in [0.1, 0.15) is 5.56 Å². The lowest BCUT2D eigenvalue weighted by molar-refractivity contribution is -0.146. The minimum Gasteiger partial charge on any atom is -0.465 e. The van der Waals surface area contributed by atoms with Crippen LogP contribution in [0, 0.1) is 0 Å². The van der Waals surface area contributed by atoms with Crippen LogP contribution in [0.3, 0.4) is 0 Å². The largest absolute Gasteiger partial charge is 0.465 e. The Bertz CT molecular complexity index is 440. The third-order valence-electron chi connectivity index (χ3n) is 2.06. The summed E-state index contributed by atoms with van der Waals surface area (Å²) in [6.07, 6.45) is -4.46. The second-order valence-electron chi connectivity index (χ2n) is 3.66. The molecule has 5 N–H and O–H groups in total. The van der Waals surface area contributed by atoms with E-state index in [1.54, 1.807) is 0 Å². The lowest BCUT2D eigenvalue weighted by atomic mass is 10.2. The van der Waals surface area contributed by atoms with Gasteiger partial charge in [-0.05, 0) is 11.6 Å². The van der Waals surface area contributed by atoms with E-state index in [4.69, 9.17) is 10.8 Å². The number of anilines is 1. The molecule has 0 fully saturated rings. The molecule has 0 aromatic carbocycles. The zero-order valence-corrected chi connectivity index (χ0v) is 9.61. The zero-order chi connectivity index (χ0) is 14.5. The molecule has 7 nitrogen and oxygen atoms in total. The summed E-state index contributed by atoms with van der Waals surface area (Å²) >= 11 is 0. The number of halogens is 3. The average Bonchev–Trinajstić information content (AvgIpc) is 2.27. The molecule has 1 heterocycles. The van der Waals surface area contributed by atoms with Crippen molar-refractivity contribution in [3.05, 3.63) is 17.8 Å². The first kappa shape index (κ1) is 15.1. The third kappa shape index (κ3) is 5.48. The molecule has 1 amide bonds. The molecule has 1 rings (SSSR count). The molecule has 1 unspecified atom stereocenters. The van der Waals surface area contributed by atoms with Gasteiger partial charge < -0.3 is 16.2 Å². The normalized spacial score (nSPS) is 13.1. The smallest absolute Gasteiger partial charge is 0.410 e. The summed E-state index contributed by atoms with van der Waals surface area (Å²) in [7, 11) is 0. The number of alkyl halides is 3. The van der Waals surface area contributed by atoms with Gasteiger partial charge in [-0.25, -0.2) is 4.79 Å². The van der Waals surface area contributed by atoms with Gasteiger partial charge in [-0.3, -0.25) is 5.32 Å². The molecule has 0 spiro atoms. The van der Waals surface area contributed by atoms with Crippen LogP contribution in [0.15, 0.2) is 12.3 Å². The molecule has 0 aliphatic carbocycles. The topological polar surface area (TPSA) is 113 Å². The number of aromatic nitrogens is 2. The first-order valence-electron chi connectivity index (χ1n) is 5.13. The molecule has 0 aliphatic heterocycles. The molecule has 0 aliphatic rings. The summed E-state index contributed by atoms with van der Waals surface area (Å²) in [5.74, 6) is -0.00748. The highest BCUT2D eigenvalue weighted by molar-refractivity contribution is 5.81. The van der Waals surface area contributed by atoms with E-state index in [1.165, 1.54) is 12.3 Å². The number of nitrogens with one attached hydrogen (secondary N) is 2. The number of nitrogens with two attached hydrogens (primary N) is 1. The highest BCUT2D eigenvalue weighted by atomic mass is 19.4. The number of carbonyl (C=O) groups is 1. The maximum Gasteiger partial charge on any atom is 0.410 e. The minimum atomic E-state index is -4.46. The summed E-state index contributed by atoms with van der Waals surface area (Å²) in [5.41, 5.74) is 5.38. The summed E-state index contributed by atoms with van der Waals surface area (Å²) in [6, 6.07) is -0.605. The van der Waals surface area contributed by atoms with Crippen molar-refractivity contribution in [3.8, 4) is 0 Å². The van der Waals surface area contributed by atoms with Gasteiger partial charge in [0.1, 0.15) is 6.04 Å². The van der Waals surface area contributed by atoms with E-state index in [1.807, 2.05) is 5.32 Å². The SMILES string of the molecule is NC(CNCc1cnnc(NC(=O)O)c1)C(F)(F)F. The highest BCUT2D eigenvalue weighted by Gasteiger charge is 2.36. The van der Waals surface area contributed by atoms with E-state index < -0.39 is 24.9 Å². The Morgan fingerprint density at radius 1 is 1.53 bits per heavy atom. The van der Waals surface area contributed by atoms with E-state index >= 15 is 0 Å². The highest BCUT2D eigenvalue weighted by Crippen LogP contribution is 2.17. The predicted molar refractivity (Wildman–Crippen MR) is 59.4 cm³/mol. The molecule has 0 saturated carbocycles. The predicted octanol–water partition coefficient (Wildman–Crippen LogP) is 0.546. The molecule has 0 bridgehead atoms. The van der Waals surface area contributed by atoms with Crippen molar-refractivity contribution < 1.29 is 23.1 Å². The monoisotopic (exact) mass is 279 g/mol. The lowest BCUT2D eigenvalue weighted by Crippen LogP contribution is -2.45. The van der Waals surface area contributed by atoms with Crippen molar-refractivity contribution in [2.24, 2.45) is 5.73 Å². The van der Waals surface area contributed by atoms with Crippen LogP contribution in [-0.2, 0) is 6.54 Å². The van der Waals surface area contributed by atoms with Gasteiger partial charge in [-0.2, -0.15) is 18.3 Å². The molecular formula is C9H12F3N5O2. The first-order valence-corrected chi connectivity index (χ1v) is 5.13. The van der Waals surface area contributed by atoms with Gasteiger partial charge in [-0.15, -0.1) is 5.10 Å². The quantitative estimate of drug-likeness (QED) is 0.626. The Balaban J connectivity index is 2.47. The number of amides is 1. The third-order valence-corrected chi connectivity index (χ3v) is 2.06. The van der Waals surface area contributed by atoms with Crippen molar-refractivity contribution in [1.82, 2.24) is 15.5 Å². The fraction of sp³-hybridized carbons (Fsp3) is 0.444. The molecule has 10 heteroatoms. The molecule has 0 radical (unpaired) electrons. The number of carboxylic acid groups (broad SMARTS) is 1. The van der Waals surface area contributed by atoms with Gasteiger partial charge in [0, 0.05) is 13.1 Å². The van der Waals surface area contributed by atoms with Gasteiger partial charge >= 0.3 is 12.3 Å². The van der Waals surface area contributed by atoms with E-state index in [0.29, 0.717) is 5.56 Å². The van der Waals surface area contributed by atoms with E-state index in [9.17, 15) is 18.0 Å². The van der Waals surface area contributed by atoms with Crippen molar-refractivity contribution >= 4 is 11.9 Å². The van der Waals surface area contributed by atoms with Crippen LogP contribution in [0.25, 0.3) is 0 Å². The van der Waals surface area contributed by atoms with Crippen LogP contribution in [0.5, 0.6) is 0 Å². The van der Waals surface area contributed by atoms with Gasteiger partial charge in [-0.1, -0.05) is 0 Å². The van der Waals surface area contributed by atoms with Gasteiger partial charge in [0.15, 0.2) is 5.82 Å². The summed E-state index contributed by atoms with van der Waals surface area (Å²) < 4.78 is 36.4. The zero-order valence-electron chi connectivity index (χ0n) is 9.61. The van der Waals surface area contributed by atoms with E-state index in [2.05, 4.69) is 15.5 Å². The Kier molecular flexibility index (Phi) is 5.01.